The number of hydrogen-bond donors (Lipinski definition) is 1. The Morgan fingerprint density at radius 3 is 2.65 bits per heavy atom. The standard InChI is InChI=1S/C19H18FN3O3/c1-19(21,11-12-6-4-3-5-7-12)18-23-22-16(26-18)14-10-13(17(24)25-2)8-9-15(14)20/h3-10H,11,21H2,1-2H3. The highest BCUT2D eigenvalue weighted by atomic mass is 19.1. The molecule has 0 aliphatic heterocycles. The number of halogens is 1. The van der Waals surface area contributed by atoms with Crippen LogP contribution in [-0.2, 0) is 16.7 Å². The first kappa shape index (κ1) is 17.8. The molecular weight excluding hydrogens is 337 g/mol. The maximum Gasteiger partial charge on any atom is 0.337 e. The second-order valence-electron chi connectivity index (χ2n) is 6.18. The van der Waals surface area contributed by atoms with Gasteiger partial charge in [0.05, 0.1) is 23.8 Å². The minimum atomic E-state index is -0.928. The quantitative estimate of drug-likeness (QED) is 0.707. The molecule has 1 atom stereocenters. The van der Waals surface area contributed by atoms with Gasteiger partial charge in [0.1, 0.15) is 5.82 Å². The van der Waals surface area contributed by atoms with Gasteiger partial charge in [-0.2, -0.15) is 0 Å². The molecule has 3 rings (SSSR count). The molecule has 0 fully saturated rings. The minimum absolute atomic E-state index is 0.0159. The number of benzene rings is 2. The molecule has 0 spiro atoms. The number of rotatable bonds is 5. The van der Waals surface area contributed by atoms with Crippen molar-refractivity contribution < 1.29 is 18.3 Å². The van der Waals surface area contributed by atoms with E-state index in [9.17, 15) is 9.18 Å². The zero-order valence-corrected chi connectivity index (χ0v) is 14.4. The van der Waals surface area contributed by atoms with E-state index in [2.05, 4.69) is 14.9 Å². The first-order valence-corrected chi connectivity index (χ1v) is 7.96. The Morgan fingerprint density at radius 1 is 1.23 bits per heavy atom. The Labute approximate surface area is 149 Å². The van der Waals surface area contributed by atoms with E-state index in [1.165, 1.54) is 19.2 Å². The summed E-state index contributed by atoms with van der Waals surface area (Å²) in [6.45, 7) is 1.76. The van der Waals surface area contributed by atoms with Gasteiger partial charge >= 0.3 is 5.97 Å². The van der Waals surface area contributed by atoms with Crippen LogP contribution in [-0.4, -0.2) is 23.3 Å². The predicted octanol–water partition coefficient (Wildman–Crippen LogP) is 3.08. The smallest absolute Gasteiger partial charge is 0.337 e. The molecule has 0 bridgehead atoms. The Kier molecular flexibility index (Phi) is 4.81. The topological polar surface area (TPSA) is 91.2 Å². The van der Waals surface area contributed by atoms with Gasteiger partial charge in [-0.25, -0.2) is 9.18 Å². The average molecular weight is 355 g/mol. The van der Waals surface area contributed by atoms with Crippen LogP contribution in [0.1, 0.15) is 28.7 Å². The minimum Gasteiger partial charge on any atom is -0.465 e. The molecule has 134 valence electrons. The summed E-state index contributed by atoms with van der Waals surface area (Å²) in [4.78, 5) is 11.6. The molecule has 0 saturated carbocycles. The van der Waals surface area contributed by atoms with Crippen molar-refractivity contribution in [2.45, 2.75) is 18.9 Å². The SMILES string of the molecule is COC(=O)c1ccc(F)c(-c2nnc(C(C)(N)Cc3ccccc3)o2)c1. The molecular formula is C19H18FN3O3. The molecule has 1 heterocycles. The lowest BCUT2D eigenvalue weighted by Crippen LogP contribution is -2.35. The van der Waals surface area contributed by atoms with Crippen LogP contribution in [0.2, 0.25) is 0 Å². The highest BCUT2D eigenvalue weighted by molar-refractivity contribution is 5.90. The van der Waals surface area contributed by atoms with Crippen molar-refractivity contribution in [2.75, 3.05) is 7.11 Å². The fraction of sp³-hybridized carbons (Fsp3) is 0.211. The number of nitrogens with zero attached hydrogens (tertiary/aromatic N) is 2. The predicted molar refractivity (Wildman–Crippen MR) is 92.7 cm³/mol. The van der Waals surface area contributed by atoms with Gasteiger partial charge in [0.15, 0.2) is 0 Å². The van der Waals surface area contributed by atoms with Crippen LogP contribution in [0.3, 0.4) is 0 Å². The average Bonchev–Trinajstić information content (AvgIpc) is 3.13. The second kappa shape index (κ2) is 7.05. The molecule has 6 nitrogen and oxygen atoms in total. The van der Waals surface area contributed by atoms with Gasteiger partial charge in [0.2, 0.25) is 5.89 Å². The van der Waals surface area contributed by atoms with Crippen molar-refractivity contribution in [3.63, 3.8) is 0 Å². The van der Waals surface area contributed by atoms with Crippen molar-refractivity contribution in [1.82, 2.24) is 10.2 Å². The van der Waals surface area contributed by atoms with Crippen molar-refractivity contribution in [1.29, 1.82) is 0 Å². The van der Waals surface area contributed by atoms with Crippen molar-refractivity contribution >= 4 is 5.97 Å². The number of ether oxygens (including phenoxy) is 1. The van der Waals surface area contributed by atoms with Crippen LogP contribution in [0, 0.1) is 5.82 Å². The monoisotopic (exact) mass is 355 g/mol. The third-order valence-corrected chi connectivity index (χ3v) is 3.95. The third-order valence-electron chi connectivity index (χ3n) is 3.95. The Morgan fingerprint density at radius 2 is 1.96 bits per heavy atom. The Bertz CT molecular complexity index is 923. The largest absolute Gasteiger partial charge is 0.465 e. The van der Waals surface area contributed by atoms with E-state index in [1.54, 1.807) is 6.92 Å². The number of hydrogen-bond acceptors (Lipinski definition) is 6. The summed E-state index contributed by atoms with van der Waals surface area (Å²) in [5.74, 6) is -1.04. The van der Waals surface area contributed by atoms with Gasteiger partial charge in [-0.15, -0.1) is 10.2 Å². The summed E-state index contributed by atoms with van der Waals surface area (Å²) < 4.78 is 24.4. The summed E-state index contributed by atoms with van der Waals surface area (Å²) >= 11 is 0. The molecule has 2 aromatic carbocycles. The van der Waals surface area contributed by atoms with Crippen LogP contribution in [0.5, 0.6) is 0 Å². The molecule has 0 aliphatic carbocycles. The van der Waals surface area contributed by atoms with E-state index in [4.69, 9.17) is 10.2 Å². The van der Waals surface area contributed by atoms with E-state index in [0.29, 0.717) is 6.42 Å². The maximum atomic E-state index is 14.2. The van der Waals surface area contributed by atoms with Crippen molar-refractivity contribution in [3.8, 4) is 11.5 Å². The van der Waals surface area contributed by atoms with Gasteiger partial charge in [-0.3, -0.25) is 0 Å². The third kappa shape index (κ3) is 3.62. The molecule has 0 amide bonds. The highest BCUT2D eigenvalue weighted by Gasteiger charge is 2.29. The molecule has 3 aromatic rings. The molecule has 0 radical (unpaired) electrons. The van der Waals surface area contributed by atoms with Crippen LogP contribution in [0.4, 0.5) is 4.39 Å². The lowest BCUT2D eigenvalue weighted by Gasteiger charge is -2.20. The lowest BCUT2D eigenvalue weighted by atomic mass is 9.94. The molecule has 0 aliphatic rings. The van der Waals surface area contributed by atoms with Crippen LogP contribution >= 0.6 is 0 Å². The van der Waals surface area contributed by atoms with Crippen LogP contribution in [0.25, 0.3) is 11.5 Å². The first-order chi connectivity index (χ1) is 12.4. The lowest BCUT2D eigenvalue weighted by molar-refractivity contribution is 0.0600. The number of carbonyl (C=O) groups excluding carboxylic acids is 1. The van der Waals surface area contributed by atoms with E-state index < -0.39 is 17.3 Å². The highest BCUT2D eigenvalue weighted by Crippen LogP contribution is 2.28. The van der Waals surface area contributed by atoms with Crippen molar-refractivity contribution in [3.05, 3.63) is 71.4 Å². The van der Waals surface area contributed by atoms with E-state index >= 15 is 0 Å². The normalized spacial score (nSPS) is 13.2. The van der Waals surface area contributed by atoms with Gasteiger partial charge in [-0.05, 0) is 37.1 Å². The second-order valence-corrected chi connectivity index (χ2v) is 6.18. The number of aromatic nitrogens is 2. The number of esters is 1. The fourth-order valence-electron chi connectivity index (χ4n) is 2.59. The fourth-order valence-corrected chi connectivity index (χ4v) is 2.59. The molecule has 26 heavy (non-hydrogen) atoms. The number of nitrogens with two attached hydrogens (primary N) is 1. The van der Waals surface area contributed by atoms with E-state index in [1.807, 2.05) is 30.3 Å². The molecule has 2 N–H and O–H groups in total. The zero-order chi connectivity index (χ0) is 18.7. The van der Waals surface area contributed by atoms with E-state index in [0.717, 1.165) is 11.6 Å². The van der Waals surface area contributed by atoms with Gasteiger partial charge in [-0.1, -0.05) is 30.3 Å². The summed E-state index contributed by atoms with van der Waals surface area (Å²) in [5, 5.41) is 7.86. The van der Waals surface area contributed by atoms with Gasteiger partial charge < -0.3 is 14.9 Å². The van der Waals surface area contributed by atoms with Gasteiger partial charge in [0.25, 0.3) is 5.89 Å². The van der Waals surface area contributed by atoms with Crippen LogP contribution in [0.15, 0.2) is 52.9 Å². The Hall–Kier alpha value is -3.06. The van der Waals surface area contributed by atoms with Crippen molar-refractivity contribution in [2.24, 2.45) is 5.73 Å². The van der Waals surface area contributed by atoms with Crippen LogP contribution < -0.4 is 5.73 Å². The summed E-state index contributed by atoms with van der Waals surface area (Å²) in [5.41, 5.74) is 6.62. The Balaban J connectivity index is 1.91. The number of methoxy groups -OCH3 is 1. The first-order valence-electron chi connectivity index (χ1n) is 7.96. The molecule has 0 saturated heterocycles. The van der Waals surface area contributed by atoms with E-state index in [-0.39, 0.29) is 22.9 Å². The number of carbonyl (C=O) groups is 1. The molecule has 1 unspecified atom stereocenters. The maximum absolute atomic E-state index is 14.2. The molecule has 1 aromatic heterocycles. The summed E-state index contributed by atoms with van der Waals surface area (Å²) in [6.07, 6.45) is 0.472. The van der Waals surface area contributed by atoms with Gasteiger partial charge in [0, 0.05) is 0 Å². The zero-order valence-electron chi connectivity index (χ0n) is 14.4. The summed E-state index contributed by atoms with van der Waals surface area (Å²) in [7, 11) is 1.25. The molecule has 7 heteroatoms. The summed E-state index contributed by atoms with van der Waals surface area (Å²) in [6, 6.07) is 13.4.